The second-order valence-electron chi connectivity index (χ2n) is 7.60. The quantitative estimate of drug-likeness (QED) is 0.402. The minimum atomic E-state index is -4.04. The second kappa shape index (κ2) is 12.0. The van der Waals surface area contributed by atoms with Crippen molar-refractivity contribution in [3.63, 3.8) is 0 Å². The molecule has 0 radical (unpaired) electrons. The molecule has 0 spiro atoms. The molecular formula is C24H29FN2O6S. The number of ether oxygens (including phenoxy) is 3. The molecule has 1 fully saturated rings. The molecule has 2 aromatic carbocycles. The number of halogens is 1. The van der Waals surface area contributed by atoms with Crippen LogP contribution in [0.1, 0.15) is 25.3 Å². The highest BCUT2D eigenvalue weighted by molar-refractivity contribution is 7.89. The number of sulfonamides is 1. The van der Waals surface area contributed by atoms with Gasteiger partial charge in [-0.1, -0.05) is 19.4 Å². The summed E-state index contributed by atoms with van der Waals surface area (Å²) < 4.78 is 57.4. The number of rotatable bonds is 10. The van der Waals surface area contributed by atoms with Gasteiger partial charge in [-0.3, -0.25) is 4.79 Å². The molecule has 10 heteroatoms. The van der Waals surface area contributed by atoms with E-state index in [4.69, 9.17) is 14.2 Å². The molecule has 3 rings (SSSR count). The summed E-state index contributed by atoms with van der Waals surface area (Å²) in [6.07, 6.45) is 4.84. The first kappa shape index (κ1) is 25.7. The van der Waals surface area contributed by atoms with Crippen molar-refractivity contribution >= 4 is 27.7 Å². The molecule has 8 nitrogen and oxygen atoms in total. The van der Waals surface area contributed by atoms with Crippen molar-refractivity contribution < 1.29 is 31.8 Å². The molecule has 2 aromatic rings. The summed E-state index contributed by atoms with van der Waals surface area (Å²) in [5.41, 5.74) is 0.879. The maximum atomic E-state index is 14.3. The van der Waals surface area contributed by atoms with E-state index in [2.05, 4.69) is 12.2 Å². The van der Waals surface area contributed by atoms with Gasteiger partial charge in [0.15, 0.2) is 11.5 Å². The van der Waals surface area contributed by atoms with Crippen LogP contribution in [0.25, 0.3) is 6.08 Å². The molecule has 1 amide bonds. The van der Waals surface area contributed by atoms with Gasteiger partial charge in [-0.25, -0.2) is 12.8 Å². The molecule has 0 bridgehead atoms. The van der Waals surface area contributed by atoms with E-state index >= 15 is 0 Å². The minimum Gasteiger partial charge on any atom is -0.493 e. The maximum absolute atomic E-state index is 14.3. The van der Waals surface area contributed by atoms with Gasteiger partial charge in [-0.05, 0) is 48.4 Å². The Morgan fingerprint density at radius 1 is 1.18 bits per heavy atom. The topological polar surface area (TPSA) is 94.2 Å². The Morgan fingerprint density at radius 2 is 1.94 bits per heavy atom. The number of methoxy groups -OCH3 is 1. The SMILES string of the molecule is CCCCOc1ccc(/C=C/C(=O)Nc2ccc(F)c(S(=O)(=O)N3CCOCC3)c2)cc1OC. The number of unbranched alkanes of at least 4 members (excludes halogenated alkanes) is 1. The number of hydrogen-bond acceptors (Lipinski definition) is 6. The summed E-state index contributed by atoms with van der Waals surface area (Å²) in [6, 6.07) is 8.76. The Hall–Kier alpha value is -2.95. The van der Waals surface area contributed by atoms with Crippen LogP contribution in [0.15, 0.2) is 47.4 Å². The van der Waals surface area contributed by atoms with Crippen LogP contribution in [0.3, 0.4) is 0 Å². The van der Waals surface area contributed by atoms with Gasteiger partial charge in [0.05, 0.1) is 26.9 Å². The van der Waals surface area contributed by atoms with E-state index in [0.717, 1.165) is 25.0 Å². The highest BCUT2D eigenvalue weighted by atomic mass is 32.2. The van der Waals surface area contributed by atoms with E-state index in [9.17, 15) is 17.6 Å². The van der Waals surface area contributed by atoms with Crippen molar-refractivity contribution in [2.45, 2.75) is 24.7 Å². The molecule has 1 saturated heterocycles. The maximum Gasteiger partial charge on any atom is 0.248 e. The van der Waals surface area contributed by atoms with Crippen molar-refractivity contribution in [2.24, 2.45) is 0 Å². The first-order valence-corrected chi connectivity index (χ1v) is 12.5. The molecular weight excluding hydrogens is 463 g/mol. The Bertz CT molecular complexity index is 1130. The lowest BCUT2D eigenvalue weighted by Crippen LogP contribution is -2.40. The molecule has 0 aromatic heterocycles. The number of nitrogens with zero attached hydrogens (tertiary/aromatic N) is 1. The minimum absolute atomic E-state index is 0.146. The molecule has 0 saturated carbocycles. The number of anilines is 1. The van der Waals surface area contributed by atoms with Crippen LogP contribution in [0.2, 0.25) is 0 Å². The Kier molecular flexibility index (Phi) is 9.03. The van der Waals surface area contributed by atoms with Crippen LogP contribution in [0.5, 0.6) is 11.5 Å². The summed E-state index contributed by atoms with van der Waals surface area (Å²) >= 11 is 0. The highest BCUT2D eigenvalue weighted by Gasteiger charge is 2.29. The monoisotopic (exact) mass is 492 g/mol. The second-order valence-corrected chi connectivity index (χ2v) is 9.50. The smallest absolute Gasteiger partial charge is 0.248 e. The third-order valence-corrected chi connectivity index (χ3v) is 7.07. The number of morpholine rings is 1. The molecule has 1 heterocycles. The fraction of sp³-hybridized carbons (Fsp3) is 0.375. The average Bonchev–Trinajstić information content (AvgIpc) is 2.85. The Morgan fingerprint density at radius 3 is 2.65 bits per heavy atom. The number of benzene rings is 2. The molecule has 0 aliphatic carbocycles. The molecule has 0 atom stereocenters. The first-order valence-electron chi connectivity index (χ1n) is 11.0. The van der Waals surface area contributed by atoms with Crippen LogP contribution >= 0.6 is 0 Å². The number of hydrogen-bond donors (Lipinski definition) is 1. The van der Waals surface area contributed by atoms with Gasteiger partial charge in [-0.2, -0.15) is 4.31 Å². The van der Waals surface area contributed by atoms with Crippen LogP contribution in [0, 0.1) is 5.82 Å². The third-order valence-electron chi connectivity index (χ3n) is 5.16. The molecule has 34 heavy (non-hydrogen) atoms. The fourth-order valence-electron chi connectivity index (χ4n) is 3.29. The molecule has 1 N–H and O–H groups in total. The van der Waals surface area contributed by atoms with Crippen molar-refractivity contribution in [3.05, 3.63) is 53.9 Å². The van der Waals surface area contributed by atoms with Gasteiger partial charge >= 0.3 is 0 Å². The number of carbonyl (C=O) groups is 1. The van der Waals surface area contributed by atoms with Crippen LogP contribution in [-0.2, 0) is 19.6 Å². The molecule has 1 aliphatic heterocycles. The van der Waals surface area contributed by atoms with Gasteiger partial charge in [-0.15, -0.1) is 0 Å². The van der Waals surface area contributed by atoms with Crippen LogP contribution in [-0.4, -0.2) is 58.7 Å². The van der Waals surface area contributed by atoms with E-state index in [0.29, 0.717) is 23.7 Å². The van der Waals surface area contributed by atoms with E-state index in [1.807, 2.05) is 0 Å². The van der Waals surface area contributed by atoms with Gasteiger partial charge in [0.1, 0.15) is 10.7 Å². The summed E-state index contributed by atoms with van der Waals surface area (Å²) in [6.45, 7) is 3.46. The molecule has 1 aliphatic rings. The summed E-state index contributed by atoms with van der Waals surface area (Å²) in [5.74, 6) is -0.204. The summed E-state index contributed by atoms with van der Waals surface area (Å²) in [4.78, 5) is 11.9. The van der Waals surface area contributed by atoms with Crippen molar-refractivity contribution in [1.29, 1.82) is 0 Å². The lowest BCUT2D eigenvalue weighted by atomic mass is 10.2. The van der Waals surface area contributed by atoms with Gasteiger partial charge in [0, 0.05) is 24.9 Å². The number of amides is 1. The van der Waals surface area contributed by atoms with Crippen LogP contribution < -0.4 is 14.8 Å². The van der Waals surface area contributed by atoms with Crippen molar-refractivity contribution in [1.82, 2.24) is 4.31 Å². The lowest BCUT2D eigenvalue weighted by molar-refractivity contribution is -0.111. The predicted octanol–water partition coefficient (Wildman–Crippen LogP) is 3.69. The van der Waals surface area contributed by atoms with Crippen molar-refractivity contribution in [2.75, 3.05) is 45.3 Å². The standard InChI is InChI=1S/C24H29FN2O6S/c1-3-4-13-33-21-9-5-18(16-22(21)31-2)6-10-24(28)26-19-7-8-20(25)23(17-19)34(29,30)27-11-14-32-15-12-27/h5-10,16-17H,3-4,11-15H2,1-2H3,(H,26,28)/b10-6+. The Balaban J connectivity index is 1.69. The zero-order valence-corrected chi connectivity index (χ0v) is 20.1. The van der Waals surface area contributed by atoms with Gasteiger partial charge in [0.25, 0.3) is 0 Å². The van der Waals surface area contributed by atoms with E-state index in [1.54, 1.807) is 31.4 Å². The van der Waals surface area contributed by atoms with E-state index < -0.39 is 26.6 Å². The normalized spacial score (nSPS) is 14.8. The molecule has 0 unspecified atom stereocenters. The average molecular weight is 493 g/mol. The fourth-order valence-corrected chi connectivity index (χ4v) is 4.79. The zero-order valence-electron chi connectivity index (χ0n) is 19.3. The third kappa shape index (κ3) is 6.55. The Labute approximate surface area is 199 Å². The lowest BCUT2D eigenvalue weighted by Gasteiger charge is -2.26. The zero-order chi connectivity index (χ0) is 24.6. The predicted molar refractivity (Wildman–Crippen MR) is 127 cm³/mol. The highest BCUT2D eigenvalue weighted by Crippen LogP contribution is 2.29. The van der Waals surface area contributed by atoms with E-state index in [-0.39, 0.29) is 32.0 Å². The summed E-state index contributed by atoms with van der Waals surface area (Å²) in [7, 11) is -2.50. The largest absolute Gasteiger partial charge is 0.493 e. The van der Waals surface area contributed by atoms with Gasteiger partial charge in [0.2, 0.25) is 15.9 Å². The number of carbonyl (C=O) groups excluding carboxylic acids is 1. The number of nitrogens with one attached hydrogen (secondary N) is 1. The van der Waals surface area contributed by atoms with Crippen LogP contribution in [0.4, 0.5) is 10.1 Å². The van der Waals surface area contributed by atoms with E-state index in [1.165, 1.54) is 16.4 Å². The van der Waals surface area contributed by atoms with Crippen molar-refractivity contribution in [3.8, 4) is 11.5 Å². The first-order chi connectivity index (χ1) is 16.3. The molecule has 184 valence electrons. The van der Waals surface area contributed by atoms with Gasteiger partial charge < -0.3 is 19.5 Å². The summed E-state index contributed by atoms with van der Waals surface area (Å²) in [5, 5.41) is 2.57.